The number of likely N-dealkylation sites (tertiary alicyclic amines) is 1. The number of amides is 1. The molecule has 1 aliphatic heterocycles. The van der Waals surface area contributed by atoms with Crippen molar-refractivity contribution in [3.63, 3.8) is 0 Å². The molecule has 0 bridgehead atoms. The van der Waals surface area contributed by atoms with E-state index in [-0.39, 0.29) is 23.8 Å². The minimum absolute atomic E-state index is 0.00369. The van der Waals surface area contributed by atoms with E-state index in [9.17, 15) is 9.59 Å². The van der Waals surface area contributed by atoms with Gasteiger partial charge in [0.1, 0.15) is 0 Å². The Labute approximate surface area is 144 Å². The van der Waals surface area contributed by atoms with Crippen molar-refractivity contribution in [3.05, 3.63) is 35.4 Å². The number of carbonyl (C=O) groups is 2. The predicted molar refractivity (Wildman–Crippen MR) is 93.6 cm³/mol. The Morgan fingerprint density at radius 3 is 2.42 bits per heavy atom. The maximum absolute atomic E-state index is 12.2. The van der Waals surface area contributed by atoms with Crippen molar-refractivity contribution in [1.82, 2.24) is 10.2 Å². The van der Waals surface area contributed by atoms with Gasteiger partial charge in [-0.1, -0.05) is 31.2 Å². The number of aryl methyl sites for hydroxylation is 1. The van der Waals surface area contributed by atoms with Crippen LogP contribution in [0.15, 0.2) is 24.3 Å². The normalized spacial score (nSPS) is 17.3. The second-order valence-electron chi connectivity index (χ2n) is 6.46. The van der Waals surface area contributed by atoms with Gasteiger partial charge < -0.3 is 10.1 Å². The molecule has 1 N–H and O–H groups in total. The number of nitrogens with one attached hydrogen (secondary N) is 1. The number of esters is 1. The zero-order valence-corrected chi connectivity index (χ0v) is 14.9. The molecule has 1 fully saturated rings. The SMILES string of the molecule is CCc1ccc(C(C)NC(=O)CN2CCC(C(=O)OC)CC2)cc1. The molecule has 0 aromatic heterocycles. The van der Waals surface area contributed by atoms with Crippen LogP contribution in [-0.4, -0.2) is 43.5 Å². The molecule has 1 heterocycles. The number of hydrogen-bond donors (Lipinski definition) is 1. The fourth-order valence-electron chi connectivity index (χ4n) is 3.11. The molecule has 0 radical (unpaired) electrons. The van der Waals surface area contributed by atoms with Crippen LogP contribution in [0.1, 0.15) is 43.9 Å². The number of nitrogens with zero attached hydrogens (tertiary/aromatic N) is 1. The van der Waals surface area contributed by atoms with Gasteiger partial charge in [-0.3, -0.25) is 14.5 Å². The average Bonchev–Trinajstić information content (AvgIpc) is 2.61. The number of benzene rings is 1. The molecule has 1 atom stereocenters. The van der Waals surface area contributed by atoms with E-state index in [1.807, 2.05) is 6.92 Å². The highest BCUT2D eigenvalue weighted by Crippen LogP contribution is 2.18. The Morgan fingerprint density at radius 2 is 1.88 bits per heavy atom. The van der Waals surface area contributed by atoms with Gasteiger partial charge >= 0.3 is 5.97 Å². The van der Waals surface area contributed by atoms with E-state index in [4.69, 9.17) is 4.74 Å². The van der Waals surface area contributed by atoms with Crippen LogP contribution in [0.2, 0.25) is 0 Å². The Kier molecular flexibility index (Phi) is 6.79. The summed E-state index contributed by atoms with van der Waals surface area (Å²) in [6.45, 7) is 6.02. The van der Waals surface area contributed by atoms with E-state index in [0.717, 1.165) is 37.9 Å². The number of piperidine rings is 1. The number of carbonyl (C=O) groups excluding carboxylic acids is 2. The van der Waals surface area contributed by atoms with Crippen LogP contribution in [0.5, 0.6) is 0 Å². The molecule has 1 saturated heterocycles. The molecule has 5 nitrogen and oxygen atoms in total. The van der Waals surface area contributed by atoms with Crippen molar-refractivity contribution < 1.29 is 14.3 Å². The molecule has 1 amide bonds. The summed E-state index contributed by atoms with van der Waals surface area (Å²) in [5, 5.41) is 3.05. The monoisotopic (exact) mass is 332 g/mol. The molecule has 5 heteroatoms. The van der Waals surface area contributed by atoms with Gasteiger partial charge in [0.25, 0.3) is 0 Å². The van der Waals surface area contributed by atoms with E-state index in [0.29, 0.717) is 6.54 Å². The molecular formula is C19H28N2O3. The fraction of sp³-hybridized carbons (Fsp3) is 0.579. The molecule has 0 spiro atoms. The highest BCUT2D eigenvalue weighted by atomic mass is 16.5. The third-order valence-corrected chi connectivity index (χ3v) is 4.75. The van der Waals surface area contributed by atoms with Crippen LogP contribution >= 0.6 is 0 Å². The van der Waals surface area contributed by atoms with Crippen LogP contribution in [0.4, 0.5) is 0 Å². The van der Waals surface area contributed by atoms with E-state index >= 15 is 0 Å². The topological polar surface area (TPSA) is 58.6 Å². The zero-order valence-electron chi connectivity index (χ0n) is 14.9. The first kappa shape index (κ1) is 18.5. The lowest BCUT2D eigenvalue weighted by Gasteiger charge is -2.30. The fourth-order valence-corrected chi connectivity index (χ4v) is 3.11. The van der Waals surface area contributed by atoms with Crippen molar-refractivity contribution in [1.29, 1.82) is 0 Å². The highest BCUT2D eigenvalue weighted by molar-refractivity contribution is 5.78. The molecule has 132 valence electrons. The quantitative estimate of drug-likeness (QED) is 0.812. The molecule has 0 saturated carbocycles. The van der Waals surface area contributed by atoms with Crippen LogP contribution in [0.25, 0.3) is 0 Å². The molecule has 1 aromatic carbocycles. The molecule has 1 unspecified atom stereocenters. The maximum Gasteiger partial charge on any atom is 0.308 e. The third-order valence-electron chi connectivity index (χ3n) is 4.75. The van der Waals surface area contributed by atoms with Crippen molar-refractivity contribution in [2.45, 2.75) is 39.2 Å². The van der Waals surface area contributed by atoms with Crippen LogP contribution in [-0.2, 0) is 20.7 Å². The lowest BCUT2D eigenvalue weighted by Crippen LogP contribution is -2.43. The van der Waals surface area contributed by atoms with E-state index in [1.54, 1.807) is 0 Å². The summed E-state index contributed by atoms with van der Waals surface area (Å²) < 4.78 is 4.79. The van der Waals surface area contributed by atoms with Gasteiger partial charge in [-0.25, -0.2) is 0 Å². The second-order valence-corrected chi connectivity index (χ2v) is 6.46. The molecule has 2 rings (SSSR count). The van der Waals surface area contributed by atoms with Crippen molar-refractivity contribution in [3.8, 4) is 0 Å². The van der Waals surface area contributed by atoms with Crippen molar-refractivity contribution in [2.75, 3.05) is 26.7 Å². The third kappa shape index (κ3) is 5.06. The standard InChI is InChI=1S/C19H28N2O3/c1-4-15-5-7-16(8-6-15)14(2)20-18(22)13-21-11-9-17(10-12-21)19(23)24-3/h5-8,14,17H,4,9-13H2,1-3H3,(H,20,22). The van der Waals surface area contributed by atoms with Gasteiger partial charge in [0.05, 0.1) is 25.6 Å². The smallest absolute Gasteiger partial charge is 0.308 e. The van der Waals surface area contributed by atoms with Gasteiger partial charge in [0, 0.05) is 0 Å². The first-order valence-corrected chi connectivity index (χ1v) is 8.71. The Bertz CT molecular complexity index is 548. The largest absolute Gasteiger partial charge is 0.469 e. The predicted octanol–water partition coefficient (Wildman–Crippen LogP) is 2.31. The highest BCUT2D eigenvalue weighted by Gasteiger charge is 2.26. The van der Waals surface area contributed by atoms with Gasteiger partial charge in [-0.05, 0) is 50.4 Å². The molecule has 1 aliphatic rings. The molecule has 0 aliphatic carbocycles. The first-order valence-electron chi connectivity index (χ1n) is 8.71. The lowest BCUT2D eigenvalue weighted by atomic mass is 9.97. The number of hydrogen-bond acceptors (Lipinski definition) is 4. The average molecular weight is 332 g/mol. The van der Waals surface area contributed by atoms with Crippen molar-refractivity contribution >= 4 is 11.9 Å². The van der Waals surface area contributed by atoms with E-state index in [2.05, 4.69) is 41.4 Å². The van der Waals surface area contributed by atoms with Crippen molar-refractivity contribution in [2.24, 2.45) is 5.92 Å². The van der Waals surface area contributed by atoms with Gasteiger partial charge in [-0.15, -0.1) is 0 Å². The number of methoxy groups -OCH3 is 1. The van der Waals surface area contributed by atoms with E-state index < -0.39 is 0 Å². The molecule has 24 heavy (non-hydrogen) atoms. The Balaban J connectivity index is 1.77. The number of rotatable bonds is 6. The maximum atomic E-state index is 12.2. The summed E-state index contributed by atoms with van der Waals surface area (Å²) in [6.07, 6.45) is 2.53. The minimum atomic E-state index is -0.136. The summed E-state index contributed by atoms with van der Waals surface area (Å²) in [6, 6.07) is 8.36. The Hall–Kier alpha value is -1.88. The van der Waals surface area contributed by atoms with Gasteiger partial charge in [-0.2, -0.15) is 0 Å². The lowest BCUT2D eigenvalue weighted by molar-refractivity contribution is -0.147. The summed E-state index contributed by atoms with van der Waals surface area (Å²) in [5.41, 5.74) is 2.41. The summed E-state index contributed by atoms with van der Waals surface area (Å²) in [7, 11) is 1.43. The summed E-state index contributed by atoms with van der Waals surface area (Å²) >= 11 is 0. The van der Waals surface area contributed by atoms with Crippen LogP contribution < -0.4 is 5.32 Å². The van der Waals surface area contributed by atoms with Crippen LogP contribution in [0.3, 0.4) is 0 Å². The second kappa shape index (κ2) is 8.83. The summed E-state index contributed by atoms with van der Waals surface area (Å²) in [4.78, 5) is 25.9. The van der Waals surface area contributed by atoms with Crippen LogP contribution in [0, 0.1) is 5.92 Å². The number of ether oxygens (including phenoxy) is 1. The zero-order chi connectivity index (χ0) is 17.5. The minimum Gasteiger partial charge on any atom is -0.469 e. The molecule has 1 aromatic rings. The van der Waals surface area contributed by atoms with Gasteiger partial charge in [0.2, 0.25) is 5.91 Å². The first-order chi connectivity index (χ1) is 11.5. The summed E-state index contributed by atoms with van der Waals surface area (Å²) in [5.74, 6) is -0.132. The van der Waals surface area contributed by atoms with Gasteiger partial charge in [0.15, 0.2) is 0 Å². The Morgan fingerprint density at radius 1 is 1.25 bits per heavy atom. The van der Waals surface area contributed by atoms with E-state index in [1.165, 1.54) is 12.7 Å². The molecular weight excluding hydrogens is 304 g/mol.